The first-order valence-electron chi connectivity index (χ1n) is 5.58. The van der Waals surface area contributed by atoms with Gasteiger partial charge in [-0.25, -0.2) is 0 Å². The fourth-order valence-electron chi connectivity index (χ4n) is 1.81. The van der Waals surface area contributed by atoms with Crippen molar-refractivity contribution in [3.63, 3.8) is 0 Å². The van der Waals surface area contributed by atoms with Gasteiger partial charge in [-0.1, -0.05) is 28.1 Å². The maximum absolute atomic E-state index is 12.1. The number of nitrogens with one attached hydrogen (secondary N) is 1. The first kappa shape index (κ1) is 12.9. The normalized spacial score (nSPS) is 25.2. The van der Waals surface area contributed by atoms with Gasteiger partial charge in [0.15, 0.2) is 0 Å². The Labute approximate surface area is 114 Å². The van der Waals surface area contributed by atoms with Crippen LogP contribution in [-0.4, -0.2) is 24.2 Å². The minimum absolute atomic E-state index is 0.0743. The van der Waals surface area contributed by atoms with Gasteiger partial charge in [0.2, 0.25) is 5.91 Å². The number of hydrogen-bond acceptors (Lipinski definition) is 3. The maximum Gasteiger partial charge on any atom is 0.237 e. The standard InChI is InChI=1S/C12H15BrN2OS/c13-9-3-1-8(2-4-9)11-12(16)15-10(7-14)5-6-17-11/h1-4,10-11H,5-7,14H2,(H,15,16)/t10-,11+/m0/s1. The lowest BCUT2D eigenvalue weighted by atomic mass is 10.1. The predicted octanol–water partition coefficient (Wildman–Crippen LogP) is 2.07. The van der Waals surface area contributed by atoms with E-state index < -0.39 is 0 Å². The SMILES string of the molecule is NC[C@@H]1CCS[C@H](c2ccc(Br)cc2)C(=O)N1. The highest BCUT2D eigenvalue weighted by molar-refractivity contribution is 9.10. The van der Waals surface area contributed by atoms with Gasteiger partial charge in [-0.2, -0.15) is 0 Å². The van der Waals surface area contributed by atoms with Gasteiger partial charge in [0, 0.05) is 17.1 Å². The van der Waals surface area contributed by atoms with Gasteiger partial charge < -0.3 is 11.1 Å². The Hall–Kier alpha value is -0.520. The first-order chi connectivity index (χ1) is 8.20. The Morgan fingerprint density at radius 1 is 1.41 bits per heavy atom. The van der Waals surface area contributed by atoms with Crippen LogP contribution < -0.4 is 11.1 Å². The summed E-state index contributed by atoms with van der Waals surface area (Å²) in [5.74, 6) is 1.03. The highest BCUT2D eigenvalue weighted by Crippen LogP contribution is 2.32. The molecule has 1 saturated heterocycles. The van der Waals surface area contributed by atoms with Crippen LogP contribution in [0.25, 0.3) is 0 Å². The molecule has 1 aliphatic heterocycles. The van der Waals surface area contributed by atoms with Crippen molar-refractivity contribution in [2.45, 2.75) is 17.7 Å². The number of hydrogen-bond donors (Lipinski definition) is 2. The second-order valence-electron chi connectivity index (χ2n) is 4.03. The van der Waals surface area contributed by atoms with E-state index >= 15 is 0 Å². The summed E-state index contributed by atoms with van der Waals surface area (Å²) in [4.78, 5) is 12.1. The van der Waals surface area contributed by atoms with E-state index in [0.29, 0.717) is 6.54 Å². The van der Waals surface area contributed by atoms with E-state index in [1.165, 1.54) is 0 Å². The molecule has 0 saturated carbocycles. The van der Waals surface area contributed by atoms with Crippen molar-refractivity contribution in [1.82, 2.24) is 5.32 Å². The zero-order valence-corrected chi connectivity index (χ0v) is 11.8. The largest absolute Gasteiger partial charge is 0.351 e. The number of benzene rings is 1. The molecule has 1 aromatic carbocycles. The molecule has 2 atom stereocenters. The average Bonchev–Trinajstić information content (AvgIpc) is 2.52. The van der Waals surface area contributed by atoms with Crippen molar-refractivity contribution in [3.8, 4) is 0 Å². The lowest BCUT2D eigenvalue weighted by Crippen LogP contribution is -2.40. The second kappa shape index (κ2) is 5.89. The zero-order valence-electron chi connectivity index (χ0n) is 9.36. The van der Waals surface area contributed by atoms with Crippen molar-refractivity contribution in [1.29, 1.82) is 0 Å². The Bertz CT molecular complexity index is 396. The molecule has 0 unspecified atom stereocenters. The summed E-state index contributed by atoms with van der Waals surface area (Å²) in [5.41, 5.74) is 6.66. The molecule has 0 aromatic heterocycles. The van der Waals surface area contributed by atoms with Crippen LogP contribution in [-0.2, 0) is 4.79 Å². The number of carbonyl (C=O) groups is 1. The summed E-state index contributed by atoms with van der Waals surface area (Å²) in [6.45, 7) is 0.513. The maximum atomic E-state index is 12.1. The number of rotatable bonds is 2. The molecule has 0 bridgehead atoms. The summed E-state index contributed by atoms with van der Waals surface area (Å²) < 4.78 is 1.03. The molecule has 1 aromatic rings. The molecule has 0 spiro atoms. The van der Waals surface area contributed by atoms with Gasteiger partial charge in [0.1, 0.15) is 5.25 Å². The van der Waals surface area contributed by atoms with E-state index in [9.17, 15) is 4.79 Å². The Morgan fingerprint density at radius 2 is 2.12 bits per heavy atom. The van der Waals surface area contributed by atoms with Crippen LogP contribution in [0, 0.1) is 0 Å². The van der Waals surface area contributed by atoms with Gasteiger partial charge in [0.25, 0.3) is 0 Å². The van der Waals surface area contributed by atoms with E-state index in [2.05, 4.69) is 21.2 Å². The molecule has 1 amide bonds. The first-order valence-corrected chi connectivity index (χ1v) is 7.42. The lowest BCUT2D eigenvalue weighted by Gasteiger charge is -2.15. The highest BCUT2D eigenvalue weighted by Gasteiger charge is 2.26. The second-order valence-corrected chi connectivity index (χ2v) is 6.16. The molecule has 3 nitrogen and oxygen atoms in total. The molecule has 92 valence electrons. The third-order valence-electron chi connectivity index (χ3n) is 2.79. The molecule has 3 N–H and O–H groups in total. The molecule has 0 radical (unpaired) electrons. The number of halogens is 1. The summed E-state index contributed by atoms with van der Waals surface area (Å²) in [7, 11) is 0. The fraction of sp³-hybridized carbons (Fsp3) is 0.417. The Kier molecular flexibility index (Phi) is 4.48. The molecule has 5 heteroatoms. The van der Waals surface area contributed by atoms with Crippen LogP contribution >= 0.6 is 27.7 Å². The molecular formula is C12H15BrN2OS. The number of thioether (sulfide) groups is 1. The van der Waals surface area contributed by atoms with Crippen LogP contribution in [0.2, 0.25) is 0 Å². The van der Waals surface area contributed by atoms with Crippen molar-refractivity contribution >= 4 is 33.6 Å². The number of amides is 1. The Morgan fingerprint density at radius 3 is 2.76 bits per heavy atom. The Balaban J connectivity index is 2.15. The molecule has 1 heterocycles. The van der Waals surface area contributed by atoms with Gasteiger partial charge in [-0.15, -0.1) is 11.8 Å². The monoisotopic (exact) mass is 314 g/mol. The van der Waals surface area contributed by atoms with Gasteiger partial charge in [0.05, 0.1) is 0 Å². The zero-order chi connectivity index (χ0) is 12.3. The highest BCUT2D eigenvalue weighted by atomic mass is 79.9. The molecule has 1 fully saturated rings. The van der Waals surface area contributed by atoms with Crippen molar-refractivity contribution in [2.75, 3.05) is 12.3 Å². The summed E-state index contributed by atoms with van der Waals surface area (Å²) in [6, 6.07) is 8.03. The lowest BCUT2D eigenvalue weighted by molar-refractivity contribution is -0.121. The van der Waals surface area contributed by atoms with Crippen molar-refractivity contribution in [3.05, 3.63) is 34.3 Å². The molecular weight excluding hydrogens is 300 g/mol. The fourth-order valence-corrected chi connectivity index (χ4v) is 3.30. The van der Waals surface area contributed by atoms with Gasteiger partial charge >= 0.3 is 0 Å². The smallest absolute Gasteiger partial charge is 0.237 e. The van der Waals surface area contributed by atoms with Crippen molar-refractivity contribution in [2.24, 2.45) is 5.73 Å². The van der Waals surface area contributed by atoms with Crippen molar-refractivity contribution < 1.29 is 4.79 Å². The van der Waals surface area contributed by atoms with E-state index in [0.717, 1.165) is 22.2 Å². The molecule has 17 heavy (non-hydrogen) atoms. The summed E-state index contributed by atoms with van der Waals surface area (Å²) >= 11 is 5.08. The van der Waals surface area contributed by atoms with Crippen LogP contribution in [0.4, 0.5) is 0 Å². The summed E-state index contributed by atoms with van der Waals surface area (Å²) in [5, 5.41) is 2.88. The van der Waals surface area contributed by atoms with Gasteiger partial charge in [-0.3, -0.25) is 4.79 Å². The average molecular weight is 315 g/mol. The van der Waals surface area contributed by atoms with E-state index in [4.69, 9.17) is 5.73 Å². The van der Waals surface area contributed by atoms with E-state index in [1.54, 1.807) is 11.8 Å². The molecule has 1 aliphatic rings. The van der Waals surface area contributed by atoms with E-state index in [-0.39, 0.29) is 17.2 Å². The number of carbonyl (C=O) groups excluding carboxylic acids is 1. The van der Waals surface area contributed by atoms with Gasteiger partial charge in [-0.05, 0) is 29.9 Å². The third-order valence-corrected chi connectivity index (χ3v) is 4.61. The van der Waals surface area contributed by atoms with Crippen LogP contribution in [0.1, 0.15) is 17.2 Å². The minimum Gasteiger partial charge on any atom is -0.351 e. The third kappa shape index (κ3) is 3.24. The molecule has 2 rings (SSSR count). The summed E-state index contributed by atoms with van der Waals surface area (Å²) in [6.07, 6.45) is 0.944. The van der Waals surface area contributed by atoms with Crippen LogP contribution in [0.15, 0.2) is 28.7 Å². The van der Waals surface area contributed by atoms with Crippen LogP contribution in [0.5, 0.6) is 0 Å². The number of nitrogens with two attached hydrogens (primary N) is 1. The topological polar surface area (TPSA) is 55.1 Å². The molecule has 0 aliphatic carbocycles. The van der Waals surface area contributed by atoms with E-state index in [1.807, 2.05) is 24.3 Å². The predicted molar refractivity (Wildman–Crippen MR) is 74.9 cm³/mol. The minimum atomic E-state index is -0.111. The van der Waals surface area contributed by atoms with Crippen LogP contribution in [0.3, 0.4) is 0 Å². The quantitative estimate of drug-likeness (QED) is 0.878.